The molecule has 0 saturated heterocycles. The lowest BCUT2D eigenvalue weighted by molar-refractivity contribution is 0.315. The normalized spacial score (nSPS) is 10.0. The molecule has 0 saturated carbocycles. The number of ether oxygens (including phenoxy) is 3. The molecule has 0 radical (unpaired) electrons. The van der Waals surface area contributed by atoms with Crippen molar-refractivity contribution in [1.29, 1.82) is 0 Å². The summed E-state index contributed by atoms with van der Waals surface area (Å²) < 4.78 is 15.8. The van der Waals surface area contributed by atoms with Gasteiger partial charge >= 0.3 is 0 Å². The first-order valence-electron chi connectivity index (χ1n) is 6.70. The Morgan fingerprint density at radius 1 is 1.00 bits per heavy atom. The van der Waals surface area contributed by atoms with Gasteiger partial charge in [0.05, 0.1) is 26.9 Å². The number of aromatic nitrogens is 2. The summed E-state index contributed by atoms with van der Waals surface area (Å²) in [5.41, 5.74) is 0. The van der Waals surface area contributed by atoms with Crippen molar-refractivity contribution >= 4 is 5.95 Å². The molecule has 0 aliphatic rings. The van der Waals surface area contributed by atoms with E-state index in [1.807, 2.05) is 30.3 Å². The van der Waals surface area contributed by atoms with E-state index in [-0.39, 0.29) is 0 Å². The highest BCUT2D eigenvalue weighted by molar-refractivity contribution is 5.33. The minimum atomic E-state index is 0.463. The zero-order chi connectivity index (χ0) is 14.9. The molecule has 0 bridgehead atoms. The summed E-state index contributed by atoms with van der Waals surface area (Å²) in [5, 5.41) is 3.12. The molecular weight excluding hydrogens is 270 g/mol. The quantitative estimate of drug-likeness (QED) is 0.753. The van der Waals surface area contributed by atoms with Crippen molar-refractivity contribution in [2.24, 2.45) is 0 Å². The van der Waals surface area contributed by atoms with Crippen molar-refractivity contribution in [2.75, 3.05) is 32.7 Å². The van der Waals surface area contributed by atoms with Crippen LogP contribution in [0.25, 0.3) is 0 Å². The third kappa shape index (κ3) is 4.83. The lowest BCUT2D eigenvalue weighted by Crippen LogP contribution is -2.10. The Balaban J connectivity index is 1.75. The highest BCUT2D eigenvalue weighted by Crippen LogP contribution is 2.17. The fourth-order valence-electron chi connectivity index (χ4n) is 1.67. The molecule has 6 nitrogen and oxygen atoms in total. The van der Waals surface area contributed by atoms with Crippen LogP contribution in [-0.2, 0) is 0 Å². The zero-order valence-corrected chi connectivity index (χ0v) is 12.2. The first kappa shape index (κ1) is 14.9. The number of para-hydroxylation sites is 1. The van der Waals surface area contributed by atoms with Crippen LogP contribution in [0.4, 0.5) is 5.95 Å². The standard InChI is InChI=1S/C15H19N3O3/c1-19-13-11-14(20-2)18-15(17-13)16-9-6-10-21-12-7-4-3-5-8-12/h3-5,7-8,11H,6,9-10H2,1-2H3,(H,16,17,18). The Kier molecular flexibility index (Phi) is 5.63. The van der Waals surface area contributed by atoms with E-state index in [2.05, 4.69) is 15.3 Å². The van der Waals surface area contributed by atoms with Crippen molar-refractivity contribution in [2.45, 2.75) is 6.42 Å². The predicted molar refractivity (Wildman–Crippen MR) is 80.2 cm³/mol. The Morgan fingerprint density at radius 3 is 2.29 bits per heavy atom. The molecule has 0 spiro atoms. The molecule has 1 heterocycles. The van der Waals surface area contributed by atoms with Crippen molar-refractivity contribution in [3.8, 4) is 17.5 Å². The molecule has 1 aromatic heterocycles. The number of rotatable bonds is 8. The average molecular weight is 289 g/mol. The predicted octanol–water partition coefficient (Wildman–Crippen LogP) is 2.37. The monoisotopic (exact) mass is 289 g/mol. The van der Waals surface area contributed by atoms with Crippen LogP contribution in [0, 0.1) is 0 Å². The summed E-state index contributed by atoms with van der Waals surface area (Å²) in [4.78, 5) is 8.38. The van der Waals surface area contributed by atoms with Crippen LogP contribution >= 0.6 is 0 Å². The van der Waals surface area contributed by atoms with Gasteiger partial charge in [-0.2, -0.15) is 9.97 Å². The molecule has 112 valence electrons. The number of hydrogen-bond donors (Lipinski definition) is 1. The third-order valence-electron chi connectivity index (χ3n) is 2.71. The van der Waals surface area contributed by atoms with Crippen LogP contribution in [0.1, 0.15) is 6.42 Å². The Hall–Kier alpha value is -2.50. The molecule has 6 heteroatoms. The van der Waals surface area contributed by atoms with Crippen molar-refractivity contribution < 1.29 is 14.2 Å². The first-order valence-corrected chi connectivity index (χ1v) is 6.70. The molecule has 0 aliphatic carbocycles. The Bertz CT molecular complexity index is 527. The summed E-state index contributed by atoms with van der Waals surface area (Å²) in [6, 6.07) is 11.4. The molecule has 0 aliphatic heterocycles. The van der Waals surface area contributed by atoms with Gasteiger partial charge in [0.1, 0.15) is 5.75 Å². The molecule has 0 fully saturated rings. The van der Waals surface area contributed by atoms with Crippen LogP contribution in [0.2, 0.25) is 0 Å². The molecular formula is C15H19N3O3. The SMILES string of the molecule is COc1cc(OC)nc(NCCCOc2ccccc2)n1. The molecule has 1 N–H and O–H groups in total. The van der Waals surface area contributed by atoms with Crippen molar-refractivity contribution in [1.82, 2.24) is 9.97 Å². The summed E-state index contributed by atoms with van der Waals surface area (Å²) in [5.74, 6) is 2.28. The van der Waals surface area contributed by atoms with Gasteiger partial charge in [-0.1, -0.05) is 18.2 Å². The number of nitrogens with one attached hydrogen (secondary N) is 1. The molecule has 0 unspecified atom stereocenters. The lowest BCUT2D eigenvalue weighted by Gasteiger charge is -2.09. The topological polar surface area (TPSA) is 65.5 Å². The van der Waals surface area contributed by atoms with E-state index < -0.39 is 0 Å². The van der Waals surface area contributed by atoms with E-state index >= 15 is 0 Å². The number of benzene rings is 1. The van der Waals surface area contributed by atoms with Gasteiger partial charge in [-0.3, -0.25) is 0 Å². The van der Waals surface area contributed by atoms with Crippen LogP contribution in [0.5, 0.6) is 17.5 Å². The van der Waals surface area contributed by atoms with E-state index in [1.165, 1.54) is 0 Å². The maximum absolute atomic E-state index is 5.60. The zero-order valence-electron chi connectivity index (χ0n) is 12.2. The maximum Gasteiger partial charge on any atom is 0.229 e. The summed E-state index contributed by atoms with van der Waals surface area (Å²) >= 11 is 0. The lowest BCUT2D eigenvalue weighted by atomic mass is 10.3. The van der Waals surface area contributed by atoms with Gasteiger partial charge in [0.25, 0.3) is 0 Å². The van der Waals surface area contributed by atoms with Gasteiger partial charge in [-0.25, -0.2) is 0 Å². The Labute approximate surface area is 124 Å². The third-order valence-corrected chi connectivity index (χ3v) is 2.71. The van der Waals surface area contributed by atoms with E-state index in [1.54, 1.807) is 20.3 Å². The summed E-state index contributed by atoms with van der Waals surface area (Å²) in [7, 11) is 3.11. The largest absolute Gasteiger partial charge is 0.494 e. The fourth-order valence-corrected chi connectivity index (χ4v) is 1.67. The molecule has 0 atom stereocenters. The number of hydrogen-bond acceptors (Lipinski definition) is 6. The molecule has 21 heavy (non-hydrogen) atoms. The molecule has 1 aromatic carbocycles. The van der Waals surface area contributed by atoms with Gasteiger partial charge < -0.3 is 19.5 Å². The van der Waals surface area contributed by atoms with Crippen molar-refractivity contribution in [3.63, 3.8) is 0 Å². The van der Waals surface area contributed by atoms with E-state index in [0.29, 0.717) is 30.9 Å². The molecule has 2 aromatic rings. The minimum absolute atomic E-state index is 0.463. The summed E-state index contributed by atoms with van der Waals surface area (Å²) in [6.07, 6.45) is 0.831. The second-order valence-electron chi connectivity index (χ2n) is 4.22. The minimum Gasteiger partial charge on any atom is -0.494 e. The first-order chi connectivity index (χ1) is 10.3. The van der Waals surface area contributed by atoms with Crippen LogP contribution in [-0.4, -0.2) is 37.3 Å². The Morgan fingerprint density at radius 2 is 1.67 bits per heavy atom. The van der Waals surface area contributed by atoms with E-state index in [9.17, 15) is 0 Å². The molecule has 2 rings (SSSR count). The summed E-state index contributed by atoms with van der Waals surface area (Å²) in [6.45, 7) is 1.32. The smallest absolute Gasteiger partial charge is 0.229 e. The number of nitrogens with zero attached hydrogens (tertiary/aromatic N) is 2. The van der Waals surface area contributed by atoms with Gasteiger partial charge in [-0.05, 0) is 18.6 Å². The van der Waals surface area contributed by atoms with Crippen LogP contribution in [0.3, 0.4) is 0 Å². The van der Waals surface area contributed by atoms with Crippen molar-refractivity contribution in [3.05, 3.63) is 36.4 Å². The van der Waals surface area contributed by atoms with Gasteiger partial charge in [-0.15, -0.1) is 0 Å². The number of anilines is 1. The van der Waals surface area contributed by atoms with Gasteiger partial charge in [0.2, 0.25) is 17.7 Å². The van der Waals surface area contributed by atoms with E-state index in [4.69, 9.17) is 14.2 Å². The fraction of sp³-hybridized carbons (Fsp3) is 0.333. The van der Waals surface area contributed by atoms with Crippen LogP contribution in [0.15, 0.2) is 36.4 Å². The molecule has 0 amide bonds. The second-order valence-corrected chi connectivity index (χ2v) is 4.22. The van der Waals surface area contributed by atoms with Crippen LogP contribution < -0.4 is 19.5 Å². The maximum atomic E-state index is 5.60. The highest BCUT2D eigenvalue weighted by atomic mass is 16.5. The van der Waals surface area contributed by atoms with Gasteiger partial charge in [0, 0.05) is 6.54 Å². The second kappa shape index (κ2) is 7.94. The highest BCUT2D eigenvalue weighted by Gasteiger charge is 2.04. The van der Waals surface area contributed by atoms with E-state index in [0.717, 1.165) is 12.2 Å². The van der Waals surface area contributed by atoms with Gasteiger partial charge in [0.15, 0.2) is 0 Å². The average Bonchev–Trinajstić information content (AvgIpc) is 2.55. The number of methoxy groups -OCH3 is 2.